The Labute approximate surface area is 129 Å². The van der Waals surface area contributed by atoms with Crippen LogP contribution in [0.25, 0.3) is 0 Å². The van der Waals surface area contributed by atoms with Crippen LogP contribution in [0.3, 0.4) is 0 Å². The quantitative estimate of drug-likeness (QED) is 0.799. The SMILES string of the molecule is CCC(C)n1ccc(CN2CCCC2CNCC(C)C)n1. The molecule has 1 aromatic rings. The molecule has 4 nitrogen and oxygen atoms in total. The summed E-state index contributed by atoms with van der Waals surface area (Å²) < 4.78 is 2.11. The Balaban J connectivity index is 1.84. The van der Waals surface area contributed by atoms with Crippen LogP contribution in [-0.4, -0.2) is 40.4 Å². The number of nitrogens with one attached hydrogen (secondary N) is 1. The van der Waals surface area contributed by atoms with E-state index < -0.39 is 0 Å². The first-order valence-corrected chi connectivity index (χ1v) is 8.59. The Hall–Kier alpha value is -0.870. The molecule has 2 unspecified atom stereocenters. The lowest BCUT2D eigenvalue weighted by Gasteiger charge is -2.24. The van der Waals surface area contributed by atoms with Gasteiger partial charge in [0.1, 0.15) is 0 Å². The van der Waals surface area contributed by atoms with Crippen molar-refractivity contribution in [2.75, 3.05) is 19.6 Å². The van der Waals surface area contributed by atoms with E-state index >= 15 is 0 Å². The molecule has 0 bridgehead atoms. The molecule has 1 aromatic heterocycles. The lowest BCUT2D eigenvalue weighted by Crippen LogP contribution is -2.38. The predicted octanol–water partition coefficient (Wildman–Crippen LogP) is 3.06. The molecule has 0 aromatic carbocycles. The lowest BCUT2D eigenvalue weighted by molar-refractivity contribution is 0.234. The van der Waals surface area contributed by atoms with Crippen molar-refractivity contribution >= 4 is 0 Å². The molecule has 4 heteroatoms. The van der Waals surface area contributed by atoms with Gasteiger partial charge in [-0.3, -0.25) is 9.58 Å². The fourth-order valence-corrected chi connectivity index (χ4v) is 2.98. The van der Waals surface area contributed by atoms with Gasteiger partial charge in [-0.15, -0.1) is 0 Å². The van der Waals surface area contributed by atoms with Crippen molar-refractivity contribution in [1.29, 1.82) is 0 Å². The topological polar surface area (TPSA) is 33.1 Å². The third-order valence-electron chi connectivity index (χ3n) is 4.50. The van der Waals surface area contributed by atoms with E-state index in [-0.39, 0.29) is 0 Å². The summed E-state index contributed by atoms with van der Waals surface area (Å²) in [5.74, 6) is 0.728. The molecule has 1 fully saturated rings. The van der Waals surface area contributed by atoms with Gasteiger partial charge in [0, 0.05) is 31.4 Å². The maximum Gasteiger partial charge on any atom is 0.0765 e. The maximum atomic E-state index is 4.74. The zero-order valence-corrected chi connectivity index (χ0v) is 14.2. The van der Waals surface area contributed by atoms with Crippen LogP contribution in [0.15, 0.2) is 12.3 Å². The van der Waals surface area contributed by atoms with Crippen LogP contribution in [0.2, 0.25) is 0 Å². The normalized spacial score (nSPS) is 21.3. The summed E-state index contributed by atoms with van der Waals surface area (Å²) in [6.45, 7) is 13.4. The second-order valence-electron chi connectivity index (χ2n) is 6.86. The number of aromatic nitrogens is 2. The molecule has 1 N–H and O–H groups in total. The fourth-order valence-electron chi connectivity index (χ4n) is 2.98. The molecule has 1 aliphatic rings. The van der Waals surface area contributed by atoms with E-state index in [2.05, 4.69) is 54.9 Å². The van der Waals surface area contributed by atoms with Gasteiger partial charge < -0.3 is 5.32 Å². The highest BCUT2D eigenvalue weighted by Crippen LogP contribution is 2.19. The summed E-state index contributed by atoms with van der Waals surface area (Å²) in [7, 11) is 0. The van der Waals surface area contributed by atoms with Crippen molar-refractivity contribution in [3.63, 3.8) is 0 Å². The van der Waals surface area contributed by atoms with Crippen molar-refractivity contribution in [3.05, 3.63) is 18.0 Å². The van der Waals surface area contributed by atoms with Crippen LogP contribution in [0, 0.1) is 5.92 Å². The first kappa shape index (κ1) is 16.5. The van der Waals surface area contributed by atoms with E-state index in [0.29, 0.717) is 12.1 Å². The molecule has 0 spiro atoms. The molecule has 1 saturated heterocycles. The van der Waals surface area contributed by atoms with E-state index in [4.69, 9.17) is 5.10 Å². The summed E-state index contributed by atoms with van der Waals surface area (Å²) in [5.41, 5.74) is 1.21. The monoisotopic (exact) mass is 292 g/mol. The number of hydrogen-bond acceptors (Lipinski definition) is 3. The van der Waals surface area contributed by atoms with Crippen molar-refractivity contribution in [1.82, 2.24) is 20.0 Å². The molecular formula is C17H32N4. The van der Waals surface area contributed by atoms with Gasteiger partial charge in [0.2, 0.25) is 0 Å². The highest BCUT2D eigenvalue weighted by Gasteiger charge is 2.24. The second-order valence-corrected chi connectivity index (χ2v) is 6.86. The third-order valence-corrected chi connectivity index (χ3v) is 4.50. The molecule has 120 valence electrons. The van der Waals surface area contributed by atoms with Gasteiger partial charge in [-0.05, 0) is 51.3 Å². The summed E-state index contributed by atoms with van der Waals surface area (Å²) in [6, 6.07) is 3.36. The Morgan fingerprint density at radius 1 is 1.38 bits per heavy atom. The summed E-state index contributed by atoms with van der Waals surface area (Å²) in [5, 5.41) is 8.35. The van der Waals surface area contributed by atoms with E-state index in [0.717, 1.165) is 32.0 Å². The number of hydrogen-bond donors (Lipinski definition) is 1. The second kappa shape index (κ2) is 7.95. The molecule has 2 heterocycles. The summed E-state index contributed by atoms with van der Waals surface area (Å²) in [4.78, 5) is 2.59. The number of rotatable bonds is 8. The largest absolute Gasteiger partial charge is 0.315 e. The van der Waals surface area contributed by atoms with Gasteiger partial charge in [0.05, 0.1) is 5.69 Å². The van der Waals surface area contributed by atoms with Gasteiger partial charge in [-0.2, -0.15) is 5.10 Å². The van der Waals surface area contributed by atoms with Gasteiger partial charge in [-0.25, -0.2) is 0 Å². The maximum absolute atomic E-state index is 4.74. The Morgan fingerprint density at radius 3 is 2.90 bits per heavy atom. The van der Waals surface area contributed by atoms with E-state index in [9.17, 15) is 0 Å². The van der Waals surface area contributed by atoms with Crippen molar-refractivity contribution in [3.8, 4) is 0 Å². The zero-order valence-electron chi connectivity index (χ0n) is 14.2. The van der Waals surface area contributed by atoms with Crippen molar-refractivity contribution in [2.45, 2.75) is 65.6 Å². The molecule has 0 aliphatic carbocycles. The lowest BCUT2D eigenvalue weighted by atomic mass is 10.2. The van der Waals surface area contributed by atoms with Crippen LogP contribution in [-0.2, 0) is 6.54 Å². The molecule has 1 aliphatic heterocycles. The Bertz CT molecular complexity index is 413. The summed E-state index contributed by atoms with van der Waals surface area (Å²) >= 11 is 0. The van der Waals surface area contributed by atoms with Crippen LogP contribution in [0.4, 0.5) is 0 Å². The minimum Gasteiger partial charge on any atom is -0.315 e. The van der Waals surface area contributed by atoms with Crippen LogP contribution >= 0.6 is 0 Å². The smallest absolute Gasteiger partial charge is 0.0765 e. The van der Waals surface area contributed by atoms with Gasteiger partial charge in [0.15, 0.2) is 0 Å². The molecule has 0 amide bonds. The fraction of sp³-hybridized carbons (Fsp3) is 0.824. The summed E-state index contributed by atoms with van der Waals surface area (Å²) in [6.07, 6.45) is 5.90. The Morgan fingerprint density at radius 2 is 2.19 bits per heavy atom. The predicted molar refractivity (Wildman–Crippen MR) is 88.4 cm³/mol. The van der Waals surface area contributed by atoms with Crippen LogP contribution in [0.5, 0.6) is 0 Å². The number of nitrogens with zero attached hydrogens (tertiary/aromatic N) is 3. The van der Waals surface area contributed by atoms with Gasteiger partial charge >= 0.3 is 0 Å². The van der Waals surface area contributed by atoms with Gasteiger partial charge in [0.25, 0.3) is 0 Å². The zero-order chi connectivity index (χ0) is 15.2. The van der Waals surface area contributed by atoms with E-state index in [1.165, 1.54) is 25.1 Å². The molecule has 0 radical (unpaired) electrons. The third kappa shape index (κ3) is 4.82. The highest BCUT2D eigenvalue weighted by atomic mass is 15.3. The average molecular weight is 292 g/mol. The number of likely N-dealkylation sites (tertiary alicyclic amines) is 1. The highest BCUT2D eigenvalue weighted by molar-refractivity contribution is 5.01. The van der Waals surface area contributed by atoms with E-state index in [1.54, 1.807) is 0 Å². The first-order valence-electron chi connectivity index (χ1n) is 8.59. The minimum absolute atomic E-state index is 0.501. The average Bonchev–Trinajstić information content (AvgIpc) is 3.08. The van der Waals surface area contributed by atoms with E-state index in [1.807, 2.05) is 0 Å². The van der Waals surface area contributed by atoms with Crippen LogP contribution < -0.4 is 5.32 Å². The molecule has 0 saturated carbocycles. The minimum atomic E-state index is 0.501. The van der Waals surface area contributed by atoms with Crippen LogP contribution in [0.1, 0.15) is 58.7 Å². The van der Waals surface area contributed by atoms with Gasteiger partial charge in [-0.1, -0.05) is 20.8 Å². The molecule has 2 atom stereocenters. The van der Waals surface area contributed by atoms with Crippen molar-refractivity contribution in [2.24, 2.45) is 5.92 Å². The molecule has 2 rings (SSSR count). The molecular weight excluding hydrogens is 260 g/mol. The molecule has 21 heavy (non-hydrogen) atoms. The van der Waals surface area contributed by atoms with Crippen molar-refractivity contribution < 1.29 is 0 Å². The Kier molecular flexibility index (Phi) is 6.24. The first-order chi connectivity index (χ1) is 10.1. The standard InChI is InChI=1S/C17H32N4/c1-5-15(4)21-10-8-16(19-21)13-20-9-6-7-17(20)12-18-11-14(2)3/h8,10,14-15,17-18H,5-7,9,11-13H2,1-4H3.